The van der Waals surface area contributed by atoms with Crippen LogP contribution in [0.15, 0.2) is 30.2 Å². The molecule has 0 spiro atoms. The lowest BCUT2D eigenvalue weighted by Gasteiger charge is -2.23. The van der Waals surface area contributed by atoms with Crippen LogP contribution in [-0.2, 0) is 4.74 Å². The second-order valence-electron chi connectivity index (χ2n) is 5.30. The Morgan fingerprint density at radius 1 is 1.17 bits per heavy atom. The highest BCUT2D eigenvalue weighted by Crippen LogP contribution is 2.42. The molecular weight excluding hydrogens is 224 g/mol. The van der Waals surface area contributed by atoms with E-state index in [9.17, 15) is 5.11 Å². The van der Waals surface area contributed by atoms with E-state index in [1.54, 1.807) is 12.3 Å². The zero-order valence-electron chi connectivity index (χ0n) is 11.6. The van der Waals surface area contributed by atoms with Crippen LogP contribution in [0.25, 0.3) is 0 Å². The van der Waals surface area contributed by atoms with Crippen LogP contribution in [0.4, 0.5) is 0 Å². The van der Waals surface area contributed by atoms with E-state index in [1.165, 1.54) is 5.56 Å². The minimum absolute atomic E-state index is 0.268. The van der Waals surface area contributed by atoms with Gasteiger partial charge in [-0.1, -0.05) is 39.8 Å². The van der Waals surface area contributed by atoms with Crippen LogP contribution in [-0.4, -0.2) is 5.11 Å². The van der Waals surface area contributed by atoms with Crippen molar-refractivity contribution >= 4 is 0 Å². The Labute approximate surface area is 109 Å². The maximum Gasteiger partial charge on any atom is 0.142 e. The molecule has 1 aromatic carbocycles. The third-order valence-electron chi connectivity index (χ3n) is 4.17. The van der Waals surface area contributed by atoms with Crippen LogP contribution in [0.1, 0.15) is 57.1 Å². The maximum absolute atomic E-state index is 10.2. The molecule has 1 N–H and O–H groups in total. The Bertz CT molecular complexity index is 462. The van der Waals surface area contributed by atoms with Gasteiger partial charge in [0, 0.05) is 11.5 Å². The number of benzene rings is 1. The van der Waals surface area contributed by atoms with Gasteiger partial charge in [0.2, 0.25) is 0 Å². The van der Waals surface area contributed by atoms with Crippen LogP contribution >= 0.6 is 0 Å². The molecule has 0 aromatic heterocycles. The van der Waals surface area contributed by atoms with Crippen LogP contribution in [0, 0.1) is 5.92 Å². The van der Waals surface area contributed by atoms with Crippen molar-refractivity contribution in [2.45, 2.75) is 46.0 Å². The van der Waals surface area contributed by atoms with Gasteiger partial charge in [-0.15, -0.1) is 0 Å². The summed E-state index contributed by atoms with van der Waals surface area (Å²) in [4.78, 5) is 0. The van der Waals surface area contributed by atoms with Gasteiger partial charge in [-0.05, 0) is 29.9 Å². The molecular formula is C16H22O2. The van der Waals surface area contributed by atoms with Gasteiger partial charge >= 0.3 is 0 Å². The van der Waals surface area contributed by atoms with E-state index in [0.29, 0.717) is 17.6 Å². The van der Waals surface area contributed by atoms with E-state index < -0.39 is 0 Å². The highest BCUT2D eigenvalue weighted by Gasteiger charge is 2.29. The minimum Gasteiger partial charge on any atom is -0.508 e. The van der Waals surface area contributed by atoms with Crippen molar-refractivity contribution in [2.24, 2.45) is 5.92 Å². The zero-order valence-corrected chi connectivity index (χ0v) is 11.6. The largest absolute Gasteiger partial charge is 0.508 e. The fourth-order valence-corrected chi connectivity index (χ4v) is 2.46. The Balaban J connectivity index is 2.37. The van der Waals surface area contributed by atoms with Gasteiger partial charge in [0.25, 0.3) is 0 Å². The number of allylic oxidation sites excluding steroid dienone is 1. The monoisotopic (exact) mass is 246 g/mol. The van der Waals surface area contributed by atoms with Crippen molar-refractivity contribution in [2.75, 3.05) is 0 Å². The molecule has 18 heavy (non-hydrogen) atoms. The second-order valence-corrected chi connectivity index (χ2v) is 5.30. The van der Waals surface area contributed by atoms with Gasteiger partial charge in [-0.2, -0.15) is 0 Å². The van der Waals surface area contributed by atoms with Crippen molar-refractivity contribution in [3.8, 4) is 5.75 Å². The van der Waals surface area contributed by atoms with Gasteiger partial charge in [0.1, 0.15) is 17.8 Å². The molecule has 1 heterocycles. The Morgan fingerprint density at radius 2 is 1.83 bits per heavy atom. The summed E-state index contributed by atoms with van der Waals surface area (Å²) in [6.07, 6.45) is 2.88. The summed E-state index contributed by atoms with van der Waals surface area (Å²) in [6.45, 7) is 8.70. The van der Waals surface area contributed by atoms with Crippen molar-refractivity contribution in [3.63, 3.8) is 0 Å². The van der Waals surface area contributed by atoms with E-state index >= 15 is 0 Å². The summed E-state index contributed by atoms with van der Waals surface area (Å²) in [5, 5.41) is 10.2. The first-order valence-electron chi connectivity index (χ1n) is 6.74. The quantitative estimate of drug-likeness (QED) is 0.828. The van der Waals surface area contributed by atoms with Gasteiger partial charge < -0.3 is 9.84 Å². The van der Waals surface area contributed by atoms with Crippen LogP contribution in [0.3, 0.4) is 0 Å². The summed E-state index contributed by atoms with van der Waals surface area (Å²) in [5.74, 6) is 2.51. The molecule has 3 atom stereocenters. The molecule has 2 nitrogen and oxygen atoms in total. The Morgan fingerprint density at radius 3 is 2.39 bits per heavy atom. The summed E-state index contributed by atoms with van der Waals surface area (Å²) in [6, 6.07) is 5.85. The molecule has 0 amide bonds. The smallest absolute Gasteiger partial charge is 0.142 e. The van der Waals surface area contributed by atoms with Crippen molar-refractivity contribution in [3.05, 3.63) is 41.3 Å². The lowest BCUT2D eigenvalue weighted by atomic mass is 9.81. The fraction of sp³-hybridized carbons (Fsp3) is 0.500. The average molecular weight is 246 g/mol. The Hall–Kier alpha value is -1.44. The molecule has 1 aromatic rings. The lowest BCUT2D eigenvalue weighted by Crippen LogP contribution is -2.10. The summed E-state index contributed by atoms with van der Waals surface area (Å²) in [5.41, 5.74) is 2.34. The van der Waals surface area contributed by atoms with Gasteiger partial charge in [0.15, 0.2) is 0 Å². The molecule has 0 saturated heterocycles. The molecule has 2 rings (SSSR count). The highest BCUT2D eigenvalue weighted by molar-refractivity contribution is 5.44. The van der Waals surface area contributed by atoms with Gasteiger partial charge in [-0.25, -0.2) is 0 Å². The van der Waals surface area contributed by atoms with Crippen molar-refractivity contribution < 1.29 is 9.84 Å². The molecule has 0 fully saturated rings. The first-order chi connectivity index (χ1) is 8.56. The molecule has 0 saturated carbocycles. The summed E-state index contributed by atoms with van der Waals surface area (Å²) in [7, 11) is 0. The first-order valence-corrected chi connectivity index (χ1v) is 6.74. The van der Waals surface area contributed by atoms with E-state index in [0.717, 1.165) is 17.7 Å². The lowest BCUT2D eigenvalue weighted by molar-refractivity contribution is 0.395. The summed E-state index contributed by atoms with van der Waals surface area (Å²) < 4.78 is 5.19. The van der Waals surface area contributed by atoms with Crippen LogP contribution < -0.4 is 0 Å². The predicted octanol–water partition coefficient (Wildman–Crippen LogP) is 4.52. The number of phenols is 1. The van der Waals surface area contributed by atoms with E-state index in [-0.39, 0.29) is 5.92 Å². The number of hydrogen-bond donors (Lipinski definition) is 1. The first kappa shape index (κ1) is 13.0. The van der Waals surface area contributed by atoms with E-state index in [2.05, 4.69) is 33.8 Å². The predicted molar refractivity (Wildman–Crippen MR) is 73.6 cm³/mol. The normalized spacial score (nSPS) is 18.6. The molecule has 1 aliphatic heterocycles. The number of phenolic OH excluding ortho intramolecular Hbond substituents is 1. The highest BCUT2D eigenvalue weighted by atomic mass is 16.5. The topological polar surface area (TPSA) is 32.8 Å². The number of aromatic hydroxyl groups is 1. The number of rotatable bonds is 5. The molecule has 0 aliphatic carbocycles. The third-order valence-corrected chi connectivity index (χ3v) is 4.17. The second kappa shape index (κ2) is 5.05. The molecule has 98 valence electrons. The standard InChI is InChI=1S/C16H22O2/c1-5-10(2)13-7-6-8-14(17)16(13)12(4)11(3)15-9-18-15/h6-12,17H,5H2,1-4H3. The Kier molecular flexibility index (Phi) is 3.65. The molecule has 2 heteroatoms. The van der Waals surface area contributed by atoms with Crippen LogP contribution in [0.5, 0.6) is 5.75 Å². The maximum atomic E-state index is 10.2. The fourth-order valence-electron chi connectivity index (χ4n) is 2.46. The molecule has 0 radical (unpaired) electrons. The van der Waals surface area contributed by atoms with Gasteiger partial charge in [0.05, 0.1) is 0 Å². The molecule has 0 bridgehead atoms. The average Bonchev–Trinajstić information content (AvgIpc) is 3.20. The SMILES string of the molecule is CCC(C)c1cccc(O)c1C(C)C(C)C1=CO1. The van der Waals surface area contributed by atoms with Crippen LogP contribution in [0.2, 0.25) is 0 Å². The third kappa shape index (κ3) is 2.38. The zero-order chi connectivity index (χ0) is 13.3. The number of hydrogen-bond acceptors (Lipinski definition) is 2. The van der Waals surface area contributed by atoms with E-state index in [1.807, 2.05) is 6.07 Å². The summed E-state index contributed by atoms with van der Waals surface area (Å²) >= 11 is 0. The molecule has 3 unspecified atom stereocenters. The minimum atomic E-state index is 0.268. The molecule has 1 aliphatic rings. The van der Waals surface area contributed by atoms with E-state index in [4.69, 9.17) is 4.74 Å². The number of ether oxygens (including phenoxy) is 1. The van der Waals surface area contributed by atoms with Gasteiger partial charge in [-0.3, -0.25) is 0 Å². The van der Waals surface area contributed by atoms with Crippen molar-refractivity contribution in [1.82, 2.24) is 0 Å². The van der Waals surface area contributed by atoms with Crippen molar-refractivity contribution in [1.29, 1.82) is 0 Å².